The van der Waals surface area contributed by atoms with Gasteiger partial charge in [-0.2, -0.15) is 0 Å². The summed E-state index contributed by atoms with van der Waals surface area (Å²) in [6, 6.07) is 3.95. The first-order valence-electron chi connectivity index (χ1n) is 8.06. The van der Waals surface area contributed by atoms with Gasteiger partial charge < -0.3 is 9.80 Å². The van der Waals surface area contributed by atoms with E-state index in [9.17, 15) is 9.59 Å². The Balaban J connectivity index is 1.85. The molecule has 1 fully saturated rings. The fourth-order valence-electron chi connectivity index (χ4n) is 2.82. The van der Waals surface area contributed by atoms with Crippen LogP contribution in [0.3, 0.4) is 0 Å². The van der Waals surface area contributed by atoms with Crippen LogP contribution in [0.4, 0.5) is 0 Å². The summed E-state index contributed by atoms with van der Waals surface area (Å²) in [6.45, 7) is 6.85. The van der Waals surface area contributed by atoms with E-state index in [-0.39, 0.29) is 17.7 Å². The Labute approximate surface area is 150 Å². The molecule has 2 rings (SSSR count). The molecule has 1 aliphatic rings. The summed E-state index contributed by atoms with van der Waals surface area (Å²) in [5, 5.41) is 0. The molecule has 0 aliphatic carbocycles. The Morgan fingerprint density at radius 3 is 2.48 bits per heavy atom. The highest BCUT2D eigenvalue weighted by molar-refractivity contribution is 9.11. The number of amides is 2. The van der Waals surface area contributed by atoms with Crippen LogP contribution in [0, 0.1) is 5.92 Å². The van der Waals surface area contributed by atoms with Crippen molar-refractivity contribution in [2.24, 2.45) is 5.92 Å². The highest BCUT2D eigenvalue weighted by atomic mass is 79.9. The smallest absolute Gasteiger partial charge is 0.246 e. The third-order valence-corrected chi connectivity index (χ3v) is 5.80. The standard InChI is InChI=1S/C17H23BrN2O2S/c1-3-19(4-2)17(22)13-9-11-20(12-10-13)16(21)8-6-14-5-7-15(18)23-14/h5-8,13H,3-4,9-12H2,1-2H3/b8-6+. The number of halogens is 1. The Hall–Kier alpha value is -1.14. The molecule has 0 unspecified atom stereocenters. The second kappa shape index (κ2) is 8.64. The highest BCUT2D eigenvalue weighted by Crippen LogP contribution is 2.24. The first kappa shape index (κ1) is 18.2. The molecule has 0 atom stereocenters. The maximum atomic E-state index is 12.4. The normalized spacial score (nSPS) is 16.0. The molecule has 0 aromatic carbocycles. The number of hydrogen-bond donors (Lipinski definition) is 0. The lowest BCUT2D eigenvalue weighted by molar-refractivity contribution is -0.139. The first-order chi connectivity index (χ1) is 11.0. The molecular weight excluding hydrogens is 376 g/mol. The summed E-state index contributed by atoms with van der Waals surface area (Å²) in [7, 11) is 0. The van der Waals surface area contributed by atoms with Gasteiger partial charge in [0.05, 0.1) is 3.79 Å². The van der Waals surface area contributed by atoms with Crippen molar-refractivity contribution >= 4 is 45.2 Å². The van der Waals surface area contributed by atoms with Crippen molar-refractivity contribution in [3.63, 3.8) is 0 Å². The fraction of sp³-hybridized carbons (Fsp3) is 0.529. The van der Waals surface area contributed by atoms with Crippen molar-refractivity contribution in [1.82, 2.24) is 9.80 Å². The number of hydrogen-bond acceptors (Lipinski definition) is 3. The topological polar surface area (TPSA) is 40.6 Å². The predicted octanol–water partition coefficient (Wildman–Crippen LogP) is 3.63. The van der Waals surface area contributed by atoms with E-state index in [0.717, 1.165) is 34.6 Å². The molecule has 4 nitrogen and oxygen atoms in total. The summed E-state index contributed by atoms with van der Waals surface area (Å²) in [4.78, 5) is 29.4. The van der Waals surface area contributed by atoms with E-state index < -0.39 is 0 Å². The van der Waals surface area contributed by atoms with Gasteiger partial charge in [0.15, 0.2) is 0 Å². The van der Waals surface area contributed by atoms with Crippen LogP contribution in [0.15, 0.2) is 22.0 Å². The second-order valence-electron chi connectivity index (χ2n) is 5.59. The maximum absolute atomic E-state index is 12.4. The molecule has 1 aromatic heterocycles. The molecule has 1 saturated heterocycles. The van der Waals surface area contributed by atoms with Gasteiger partial charge in [-0.25, -0.2) is 0 Å². The van der Waals surface area contributed by atoms with Crippen molar-refractivity contribution in [3.05, 3.63) is 26.9 Å². The van der Waals surface area contributed by atoms with Crippen molar-refractivity contribution < 1.29 is 9.59 Å². The molecule has 0 N–H and O–H groups in total. The van der Waals surface area contributed by atoms with Gasteiger partial charge in [-0.1, -0.05) is 0 Å². The van der Waals surface area contributed by atoms with Gasteiger partial charge in [-0.3, -0.25) is 9.59 Å². The lowest BCUT2D eigenvalue weighted by atomic mass is 9.95. The number of rotatable bonds is 5. The summed E-state index contributed by atoms with van der Waals surface area (Å²) in [6.07, 6.45) is 5.01. The van der Waals surface area contributed by atoms with Crippen molar-refractivity contribution in [2.75, 3.05) is 26.2 Å². The quantitative estimate of drug-likeness (QED) is 0.710. The zero-order valence-corrected chi connectivity index (χ0v) is 16.0. The van der Waals surface area contributed by atoms with E-state index in [0.29, 0.717) is 13.1 Å². The van der Waals surface area contributed by atoms with E-state index in [1.807, 2.05) is 41.9 Å². The van der Waals surface area contributed by atoms with Gasteiger partial charge in [0, 0.05) is 43.1 Å². The number of carbonyl (C=O) groups excluding carboxylic acids is 2. The summed E-state index contributed by atoms with van der Waals surface area (Å²) >= 11 is 5.01. The zero-order valence-electron chi connectivity index (χ0n) is 13.6. The third kappa shape index (κ3) is 4.91. The average molecular weight is 399 g/mol. The van der Waals surface area contributed by atoms with Gasteiger partial charge >= 0.3 is 0 Å². The van der Waals surface area contributed by atoms with Gasteiger partial charge in [0.25, 0.3) is 0 Å². The number of piperidine rings is 1. The molecule has 1 aromatic rings. The van der Waals surface area contributed by atoms with Gasteiger partial charge in [0.1, 0.15) is 0 Å². The van der Waals surface area contributed by atoms with Crippen LogP contribution in [0.1, 0.15) is 31.6 Å². The van der Waals surface area contributed by atoms with Crippen LogP contribution in [0.2, 0.25) is 0 Å². The molecule has 0 radical (unpaired) electrons. The molecule has 1 aliphatic heterocycles. The Bertz CT molecular complexity index is 573. The van der Waals surface area contributed by atoms with Crippen LogP contribution in [0.25, 0.3) is 6.08 Å². The molecule has 2 heterocycles. The summed E-state index contributed by atoms with van der Waals surface area (Å²) in [5.74, 6) is 0.334. The zero-order chi connectivity index (χ0) is 16.8. The second-order valence-corrected chi connectivity index (χ2v) is 8.08. The van der Waals surface area contributed by atoms with Crippen LogP contribution in [0.5, 0.6) is 0 Å². The maximum Gasteiger partial charge on any atom is 0.246 e. The Morgan fingerprint density at radius 1 is 1.30 bits per heavy atom. The molecule has 2 amide bonds. The number of thiophene rings is 1. The van der Waals surface area contributed by atoms with E-state index in [1.165, 1.54) is 0 Å². The predicted molar refractivity (Wildman–Crippen MR) is 98.3 cm³/mol. The number of nitrogens with zero attached hydrogens (tertiary/aromatic N) is 2. The molecular formula is C17H23BrN2O2S. The molecule has 0 bridgehead atoms. The Kier molecular flexibility index (Phi) is 6.84. The van der Waals surface area contributed by atoms with Crippen molar-refractivity contribution in [1.29, 1.82) is 0 Å². The van der Waals surface area contributed by atoms with Crippen LogP contribution in [-0.2, 0) is 9.59 Å². The van der Waals surface area contributed by atoms with Gasteiger partial charge in [-0.15, -0.1) is 11.3 Å². The molecule has 0 spiro atoms. The number of carbonyl (C=O) groups is 2. The van der Waals surface area contributed by atoms with E-state index >= 15 is 0 Å². The van der Waals surface area contributed by atoms with Crippen LogP contribution >= 0.6 is 27.3 Å². The fourth-order valence-corrected chi connectivity index (χ4v) is 4.14. The first-order valence-corrected chi connectivity index (χ1v) is 9.67. The van der Waals surface area contributed by atoms with Gasteiger partial charge in [-0.05, 0) is 60.8 Å². The third-order valence-electron chi connectivity index (χ3n) is 4.22. The SMILES string of the molecule is CCN(CC)C(=O)C1CCN(C(=O)/C=C/c2ccc(Br)s2)CC1. The van der Waals surface area contributed by atoms with Gasteiger partial charge in [0.2, 0.25) is 11.8 Å². The molecule has 126 valence electrons. The summed E-state index contributed by atoms with van der Waals surface area (Å²) < 4.78 is 1.06. The van der Waals surface area contributed by atoms with Crippen LogP contribution < -0.4 is 0 Å². The largest absolute Gasteiger partial charge is 0.343 e. The minimum Gasteiger partial charge on any atom is -0.343 e. The number of likely N-dealkylation sites (tertiary alicyclic amines) is 1. The monoisotopic (exact) mass is 398 g/mol. The lowest BCUT2D eigenvalue weighted by Crippen LogP contribution is -2.44. The average Bonchev–Trinajstić information content (AvgIpc) is 2.99. The van der Waals surface area contributed by atoms with Crippen molar-refractivity contribution in [3.8, 4) is 0 Å². The molecule has 0 saturated carbocycles. The Morgan fingerprint density at radius 2 is 1.96 bits per heavy atom. The minimum atomic E-state index is 0.0308. The van der Waals surface area contributed by atoms with E-state index in [2.05, 4.69) is 15.9 Å². The summed E-state index contributed by atoms with van der Waals surface area (Å²) in [5.41, 5.74) is 0. The molecule has 6 heteroatoms. The van der Waals surface area contributed by atoms with Crippen molar-refractivity contribution in [2.45, 2.75) is 26.7 Å². The lowest BCUT2D eigenvalue weighted by Gasteiger charge is -2.33. The highest BCUT2D eigenvalue weighted by Gasteiger charge is 2.28. The molecule has 23 heavy (non-hydrogen) atoms. The van der Waals surface area contributed by atoms with Crippen LogP contribution in [-0.4, -0.2) is 47.8 Å². The van der Waals surface area contributed by atoms with E-state index in [4.69, 9.17) is 0 Å². The minimum absolute atomic E-state index is 0.0308. The van der Waals surface area contributed by atoms with E-state index in [1.54, 1.807) is 17.4 Å².